The Kier molecular flexibility index (Phi) is 4.79. The van der Waals surface area contributed by atoms with E-state index in [1.807, 2.05) is 31.2 Å². The molecule has 4 rings (SSSR count). The molecule has 0 bridgehead atoms. The normalized spacial score (nSPS) is 11.5. The lowest BCUT2D eigenvalue weighted by molar-refractivity contribution is 0.0602. The quantitative estimate of drug-likeness (QED) is 0.453. The molecule has 4 heteroatoms. The Morgan fingerprint density at radius 2 is 1.69 bits per heavy atom. The number of phenols is 1. The number of benzene rings is 3. The van der Waals surface area contributed by atoms with Crippen LogP contribution >= 0.6 is 0 Å². The van der Waals surface area contributed by atoms with Crippen molar-refractivity contribution in [2.75, 3.05) is 7.11 Å². The number of fused-ring (bicyclic) bond motifs is 3. The van der Waals surface area contributed by atoms with Crippen molar-refractivity contribution in [3.8, 4) is 5.75 Å². The van der Waals surface area contributed by atoms with Gasteiger partial charge in [0.1, 0.15) is 5.75 Å². The minimum atomic E-state index is -0.393. The Labute approximate surface area is 170 Å². The number of hydrogen-bond acceptors (Lipinski definition) is 3. The van der Waals surface area contributed by atoms with E-state index in [-0.39, 0.29) is 5.75 Å². The summed E-state index contributed by atoms with van der Waals surface area (Å²) in [4.78, 5) is 12.6. The fourth-order valence-electron chi connectivity index (χ4n) is 4.07. The lowest BCUT2D eigenvalue weighted by atomic mass is 10.0. The number of aromatic nitrogens is 1. The Hall–Kier alpha value is -3.27. The first-order valence-corrected chi connectivity index (χ1v) is 9.83. The molecule has 0 saturated carbocycles. The third-order valence-corrected chi connectivity index (χ3v) is 5.68. The van der Waals surface area contributed by atoms with Crippen LogP contribution in [-0.4, -0.2) is 22.8 Å². The van der Waals surface area contributed by atoms with Crippen LogP contribution in [0.4, 0.5) is 0 Å². The summed E-state index contributed by atoms with van der Waals surface area (Å²) in [5.41, 5.74) is 4.72. The number of methoxy groups -OCH3 is 1. The van der Waals surface area contributed by atoms with Gasteiger partial charge in [-0.1, -0.05) is 62.4 Å². The van der Waals surface area contributed by atoms with Gasteiger partial charge in [0.15, 0.2) is 0 Å². The van der Waals surface area contributed by atoms with E-state index in [0.717, 1.165) is 27.5 Å². The van der Waals surface area contributed by atoms with Gasteiger partial charge in [-0.25, -0.2) is 4.79 Å². The molecule has 29 heavy (non-hydrogen) atoms. The standard InChI is InChI=1S/C25H25NO3/c1-15(2)18-11-9-17(10-12-18)14-26-16(3)23(25(28)29-4)21-13-22(27)19-7-5-6-8-20(19)24(21)26/h5-13,15,27H,14H2,1-4H3. The van der Waals surface area contributed by atoms with Crippen molar-refractivity contribution in [1.29, 1.82) is 0 Å². The van der Waals surface area contributed by atoms with Gasteiger partial charge in [0.2, 0.25) is 0 Å². The number of carbonyl (C=O) groups is 1. The van der Waals surface area contributed by atoms with Gasteiger partial charge in [-0.05, 0) is 30.0 Å². The molecular formula is C25H25NO3. The van der Waals surface area contributed by atoms with Gasteiger partial charge < -0.3 is 14.4 Å². The fraction of sp³-hybridized carbons (Fsp3) is 0.240. The van der Waals surface area contributed by atoms with Gasteiger partial charge in [0.05, 0.1) is 18.2 Å². The van der Waals surface area contributed by atoms with Crippen LogP contribution in [0, 0.1) is 6.92 Å². The molecule has 0 atom stereocenters. The Bertz CT molecular complexity index is 1220. The smallest absolute Gasteiger partial charge is 0.340 e. The van der Waals surface area contributed by atoms with E-state index in [9.17, 15) is 9.90 Å². The molecule has 148 valence electrons. The summed E-state index contributed by atoms with van der Waals surface area (Å²) < 4.78 is 7.20. The van der Waals surface area contributed by atoms with Gasteiger partial charge in [-0.2, -0.15) is 0 Å². The number of esters is 1. The van der Waals surface area contributed by atoms with Crippen LogP contribution in [0.1, 0.15) is 46.9 Å². The fourth-order valence-corrected chi connectivity index (χ4v) is 4.07. The van der Waals surface area contributed by atoms with E-state index in [2.05, 4.69) is 42.7 Å². The van der Waals surface area contributed by atoms with E-state index in [1.54, 1.807) is 6.07 Å². The number of phenolic OH excluding ortho intramolecular Hbond substituents is 1. The molecule has 1 heterocycles. The summed E-state index contributed by atoms with van der Waals surface area (Å²) in [5, 5.41) is 13.0. The first kappa shape index (κ1) is 19.1. The maximum Gasteiger partial charge on any atom is 0.340 e. The van der Waals surface area contributed by atoms with Gasteiger partial charge >= 0.3 is 5.97 Å². The van der Waals surface area contributed by atoms with Crippen LogP contribution in [0.2, 0.25) is 0 Å². The third-order valence-electron chi connectivity index (χ3n) is 5.68. The molecule has 0 saturated heterocycles. The molecule has 3 aromatic carbocycles. The average molecular weight is 387 g/mol. The van der Waals surface area contributed by atoms with Crippen molar-refractivity contribution in [2.45, 2.75) is 33.2 Å². The predicted molar refractivity (Wildman–Crippen MR) is 117 cm³/mol. The SMILES string of the molecule is COC(=O)c1c(C)n(Cc2ccc(C(C)C)cc2)c2c1cc(O)c1ccccc12. The van der Waals surface area contributed by atoms with Crippen molar-refractivity contribution >= 4 is 27.6 Å². The van der Waals surface area contributed by atoms with Crippen molar-refractivity contribution in [1.82, 2.24) is 4.57 Å². The van der Waals surface area contributed by atoms with E-state index in [4.69, 9.17) is 4.74 Å². The van der Waals surface area contributed by atoms with Crippen molar-refractivity contribution < 1.29 is 14.6 Å². The summed E-state index contributed by atoms with van der Waals surface area (Å²) in [5.74, 6) is 0.254. The molecule has 4 aromatic rings. The highest BCUT2D eigenvalue weighted by atomic mass is 16.5. The highest BCUT2D eigenvalue weighted by Gasteiger charge is 2.23. The van der Waals surface area contributed by atoms with Crippen LogP contribution < -0.4 is 0 Å². The lowest BCUT2D eigenvalue weighted by Gasteiger charge is -2.12. The van der Waals surface area contributed by atoms with E-state index >= 15 is 0 Å². The zero-order valence-corrected chi connectivity index (χ0v) is 17.2. The monoisotopic (exact) mass is 387 g/mol. The van der Waals surface area contributed by atoms with Crippen LogP contribution in [0.25, 0.3) is 21.7 Å². The summed E-state index contributed by atoms with van der Waals surface area (Å²) in [6.07, 6.45) is 0. The molecular weight excluding hydrogens is 362 g/mol. The number of ether oxygens (including phenoxy) is 1. The second-order valence-electron chi connectivity index (χ2n) is 7.77. The first-order chi connectivity index (χ1) is 13.9. The van der Waals surface area contributed by atoms with Gasteiger partial charge in [0.25, 0.3) is 0 Å². The lowest BCUT2D eigenvalue weighted by Crippen LogP contribution is -2.06. The Balaban J connectivity index is 1.98. The zero-order chi connectivity index (χ0) is 20.7. The molecule has 0 fully saturated rings. The van der Waals surface area contributed by atoms with Crippen molar-refractivity contribution in [3.05, 3.63) is 77.0 Å². The number of nitrogens with zero attached hydrogens (tertiary/aromatic N) is 1. The van der Waals surface area contributed by atoms with Crippen molar-refractivity contribution in [2.24, 2.45) is 0 Å². The molecule has 1 N–H and O–H groups in total. The second kappa shape index (κ2) is 7.28. The topological polar surface area (TPSA) is 51.5 Å². The van der Waals surface area contributed by atoms with Crippen LogP contribution in [0.5, 0.6) is 5.75 Å². The molecule has 0 radical (unpaired) electrons. The minimum Gasteiger partial charge on any atom is -0.507 e. The number of rotatable bonds is 4. The molecule has 0 aliphatic carbocycles. The molecule has 1 aromatic heterocycles. The minimum absolute atomic E-state index is 0.164. The maximum atomic E-state index is 12.6. The summed E-state index contributed by atoms with van der Waals surface area (Å²) in [7, 11) is 1.39. The highest BCUT2D eigenvalue weighted by Crippen LogP contribution is 2.38. The van der Waals surface area contributed by atoms with Gasteiger partial charge in [-0.3, -0.25) is 0 Å². The predicted octanol–water partition coefficient (Wildman–Crippen LogP) is 5.77. The number of carbonyl (C=O) groups excluding carboxylic acids is 1. The zero-order valence-electron chi connectivity index (χ0n) is 17.2. The van der Waals surface area contributed by atoms with Crippen LogP contribution in [-0.2, 0) is 11.3 Å². The van der Waals surface area contributed by atoms with Crippen LogP contribution in [0.3, 0.4) is 0 Å². The summed E-state index contributed by atoms with van der Waals surface area (Å²) in [6.45, 7) is 6.92. The first-order valence-electron chi connectivity index (χ1n) is 9.83. The largest absolute Gasteiger partial charge is 0.507 e. The summed E-state index contributed by atoms with van der Waals surface area (Å²) in [6, 6.07) is 18.0. The highest BCUT2D eigenvalue weighted by molar-refractivity contribution is 6.16. The molecule has 0 spiro atoms. The van der Waals surface area contributed by atoms with Crippen molar-refractivity contribution in [3.63, 3.8) is 0 Å². The molecule has 0 aliphatic heterocycles. The van der Waals surface area contributed by atoms with E-state index < -0.39 is 5.97 Å². The van der Waals surface area contributed by atoms with E-state index in [0.29, 0.717) is 23.4 Å². The molecule has 0 aliphatic rings. The molecule has 0 unspecified atom stereocenters. The van der Waals surface area contributed by atoms with Crippen LogP contribution in [0.15, 0.2) is 54.6 Å². The van der Waals surface area contributed by atoms with E-state index in [1.165, 1.54) is 12.7 Å². The summed E-state index contributed by atoms with van der Waals surface area (Å²) >= 11 is 0. The van der Waals surface area contributed by atoms with Gasteiger partial charge in [0, 0.05) is 28.4 Å². The molecule has 0 amide bonds. The second-order valence-corrected chi connectivity index (χ2v) is 7.77. The third kappa shape index (κ3) is 3.15. The maximum absolute atomic E-state index is 12.6. The molecule has 4 nitrogen and oxygen atoms in total. The average Bonchev–Trinajstić information content (AvgIpc) is 2.99. The number of hydrogen-bond donors (Lipinski definition) is 1. The van der Waals surface area contributed by atoms with Gasteiger partial charge in [-0.15, -0.1) is 0 Å². The number of aromatic hydroxyl groups is 1. The Morgan fingerprint density at radius 3 is 2.31 bits per heavy atom. The Morgan fingerprint density at radius 1 is 1.03 bits per heavy atom.